The Kier molecular flexibility index (Phi) is 4.86. The predicted molar refractivity (Wildman–Crippen MR) is 65.0 cm³/mol. The smallest absolute Gasteiger partial charge is 0.364 e. The molecule has 1 aromatic rings. The molecule has 0 bridgehead atoms. The molecule has 1 N–H and O–H groups in total. The summed E-state index contributed by atoms with van der Waals surface area (Å²) in [5.74, 6) is -0.893. The van der Waals surface area contributed by atoms with E-state index < -0.39 is 17.4 Å². The molecule has 6 heteroatoms. The molecular formula is C12H13NO5. The van der Waals surface area contributed by atoms with Crippen LogP contribution >= 0.6 is 0 Å². The Labute approximate surface area is 104 Å². The Morgan fingerprint density at radius 3 is 2.39 bits per heavy atom. The van der Waals surface area contributed by atoms with Gasteiger partial charge < -0.3 is 14.6 Å². The first kappa shape index (κ1) is 13.7. The lowest BCUT2D eigenvalue weighted by Crippen LogP contribution is -2.08. The Balaban J connectivity index is 3.09. The van der Waals surface area contributed by atoms with Gasteiger partial charge >= 0.3 is 5.97 Å². The Hall–Kier alpha value is -2.37. The van der Waals surface area contributed by atoms with Crippen LogP contribution in [0.3, 0.4) is 0 Å². The van der Waals surface area contributed by atoms with Gasteiger partial charge in [-0.25, -0.2) is 4.79 Å². The van der Waals surface area contributed by atoms with Crippen molar-refractivity contribution in [1.29, 1.82) is 0 Å². The summed E-state index contributed by atoms with van der Waals surface area (Å²) in [6.45, 7) is 1.68. The van der Waals surface area contributed by atoms with E-state index in [2.05, 4.69) is 9.91 Å². The molecule has 18 heavy (non-hydrogen) atoms. The van der Waals surface area contributed by atoms with E-state index in [1.54, 1.807) is 19.1 Å². The van der Waals surface area contributed by atoms with Gasteiger partial charge in [-0.2, -0.15) is 0 Å². The molecule has 6 nitrogen and oxygen atoms in total. The van der Waals surface area contributed by atoms with E-state index >= 15 is 0 Å². The third-order valence-corrected chi connectivity index (χ3v) is 2.15. The molecule has 0 aliphatic heterocycles. The summed E-state index contributed by atoms with van der Waals surface area (Å²) < 4.78 is 9.55. The van der Waals surface area contributed by atoms with Gasteiger partial charge in [0.2, 0.25) is 5.70 Å². The first-order valence-corrected chi connectivity index (χ1v) is 5.22. The highest BCUT2D eigenvalue weighted by Gasteiger charge is 2.19. The highest BCUT2D eigenvalue weighted by Crippen LogP contribution is 2.20. The molecule has 0 radical (unpaired) electrons. The number of aliphatic hydroxyl groups is 1. The fourth-order valence-corrected chi connectivity index (χ4v) is 1.26. The number of carbonyl (C=O) groups is 1. The number of hydrogen-bond acceptors (Lipinski definition) is 6. The zero-order chi connectivity index (χ0) is 13.5. The van der Waals surface area contributed by atoms with Crippen molar-refractivity contribution in [2.45, 2.75) is 6.92 Å². The van der Waals surface area contributed by atoms with Crippen molar-refractivity contribution < 1.29 is 19.4 Å². The van der Waals surface area contributed by atoms with Crippen molar-refractivity contribution in [2.75, 3.05) is 13.7 Å². The fourth-order valence-electron chi connectivity index (χ4n) is 1.26. The molecule has 0 aliphatic rings. The van der Waals surface area contributed by atoms with Crippen molar-refractivity contribution >= 4 is 11.7 Å². The largest absolute Gasteiger partial charge is 0.505 e. The zero-order valence-electron chi connectivity index (χ0n) is 10.0. The number of ether oxygens (including phenoxy) is 2. The number of hydrogen-bond donors (Lipinski definition) is 1. The van der Waals surface area contributed by atoms with Crippen molar-refractivity contribution in [3.8, 4) is 5.75 Å². The summed E-state index contributed by atoms with van der Waals surface area (Å²) in [6.07, 6.45) is 0. The maximum atomic E-state index is 11.4. The second-order valence-corrected chi connectivity index (χ2v) is 3.24. The summed E-state index contributed by atoms with van der Waals surface area (Å²) in [7, 11) is 1.50. The summed E-state index contributed by atoms with van der Waals surface area (Å²) in [5, 5.41) is 12.3. The van der Waals surface area contributed by atoms with E-state index in [0.29, 0.717) is 5.75 Å². The maximum Gasteiger partial charge on any atom is 0.364 e. The summed E-state index contributed by atoms with van der Waals surface area (Å²) in [5.41, 5.74) is -0.375. The van der Waals surface area contributed by atoms with Crippen LogP contribution < -0.4 is 4.74 Å². The zero-order valence-corrected chi connectivity index (χ0v) is 10.0. The van der Waals surface area contributed by atoms with E-state index in [1.165, 1.54) is 19.2 Å². The van der Waals surface area contributed by atoms with Crippen molar-refractivity contribution in [3.63, 3.8) is 0 Å². The fraction of sp³-hybridized carbons (Fsp3) is 0.250. The molecule has 0 amide bonds. The Morgan fingerprint density at radius 2 is 1.94 bits per heavy atom. The van der Waals surface area contributed by atoms with Crippen LogP contribution in [0.1, 0.15) is 12.5 Å². The third-order valence-electron chi connectivity index (χ3n) is 2.15. The van der Waals surface area contributed by atoms with Gasteiger partial charge in [0.15, 0.2) is 5.76 Å². The van der Waals surface area contributed by atoms with Crippen LogP contribution in [-0.2, 0) is 9.53 Å². The lowest BCUT2D eigenvalue weighted by atomic mass is 10.1. The van der Waals surface area contributed by atoms with Crippen LogP contribution in [0, 0.1) is 4.91 Å². The van der Waals surface area contributed by atoms with Crippen LogP contribution in [-0.4, -0.2) is 24.8 Å². The van der Waals surface area contributed by atoms with E-state index in [1.807, 2.05) is 0 Å². The molecule has 0 unspecified atom stereocenters. The predicted octanol–water partition coefficient (Wildman–Crippen LogP) is 2.25. The quantitative estimate of drug-likeness (QED) is 0.375. The summed E-state index contributed by atoms with van der Waals surface area (Å²) in [6, 6.07) is 6.16. The molecule has 0 aromatic heterocycles. The Bertz CT molecular complexity index is 464. The van der Waals surface area contributed by atoms with Gasteiger partial charge in [0, 0.05) is 5.56 Å². The molecule has 0 saturated carbocycles. The van der Waals surface area contributed by atoms with Gasteiger partial charge in [-0.05, 0) is 36.4 Å². The number of benzene rings is 1. The van der Waals surface area contributed by atoms with Crippen LogP contribution in [0.4, 0.5) is 0 Å². The van der Waals surface area contributed by atoms with E-state index in [-0.39, 0.29) is 12.2 Å². The monoisotopic (exact) mass is 251 g/mol. The van der Waals surface area contributed by atoms with Gasteiger partial charge in [0.25, 0.3) is 0 Å². The van der Waals surface area contributed by atoms with Crippen LogP contribution in [0.25, 0.3) is 5.76 Å². The molecule has 0 spiro atoms. The third kappa shape index (κ3) is 3.07. The van der Waals surface area contributed by atoms with Gasteiger partial charge in [-0.3, -0.25) is 0 Å². The number of nitroso groups, excluding NO2 is 1. The normalized spacial score (nSPS) is 11.4. The molecule has 1 rings (SSSR count). The molecular weight excluding hydrogens is 238 g/mol. The number of esters is 1. The second-order valence-electron chi connectivity index (χ2n) is 3.24. The van der Waals surface area contributed by atoms with Crippen LogP contribution in [0.2, 0.25) is 0 Å². The number of carbonyl (C=O) groups excluding carboxylic acids is 1. The van der Waals surface area contributed by atoms with Gasteiger partial charge in [0.05, 0.1) is 13.7 Å². The van der Waals surface area contributed by atoms with Gasteiger partial charge in [0.1, 0.15) is 5.75 Å². The van der Waals surface area contributed by atoms with Crippen molar-refractivity contribution in [2.24, 2.45) is 5.18 Å². The lowest BCUT2D eigenvalue weighted by Gasteiger charge is -2.05. The van der Waals surface area contributed by atoms with Crippen LogP contribution in [0.5, 0.6) is 5.75 Å². The van der Waals surface area contributed by atoms with E-state index in [0.717, 1.165) is 0 Å². The molecule has 1 aromatic carbocycles. The maximum absolute atomic E-state index is 11.4. The molecule has 96 valence electrons. The molecule has 0 saturated heterocycles. The van der Waals surface area contributed by atoms with Crippen molar-refractivity contribution in [3.05, 3.63) is 40.4 Å². The van der Waals surface area contributed by atoms with Gasteiger partial charge in [-0.1, -0.05) is 0 Å². The standard InChI is InChI=1S/C12H13NO5/c1-3-18-12(15)10(13-16)11(14)8-4-6-9(17-2)7-5-8/h4-7,14H,3H2,1-2H3. The Morgan fingerprint density at radius 1 is 1.33 bits per heavy atom. The molecule has 0 aliphatic carbocycles. The first-order chi connectivity index (χ1) is 8.63. The number of aliphatic hydroxyl groups excluding tert-OH is 1. The van der Waals surface area contributed by atoms with Crippen LogP contribution in [0.15, 0.2) is 35.1 Å². The van der Waals surface area contributed by atoms with E-state index in [4.69, 9.17) is 4.74 Å². The van der Waals surface area contributed by atoms with Crippen molar-refractivity contribution in [1.82, 2.24) is 0 Å². The lowest BCUT2D eigenvalue weighted by molar-refractivity contribution is -0.138. The van der Waals surface area contributed by atoms with Gasteiger partial charge in [-0.15, -0.1) is 4.91 Å². The first-order valence-electron chi connectivity index (χ1n) is 5.22. The minimum Gasteiger partial charge on any atom is -0.505 e. The molecule has 0 heterocycles. The van der Waals surface area contributed by atoms with E-state index in [9.17, 15) is 14.8 Å². The molecule has 0 atom stereocenters. The highest BCUT2D eigenvalue weighted by atomic mass is 16.5. The average Bonchev–Trinajstić information content (AvgIpc) is 2.40. The second kappa shape index (κ2) is 6.39. The molecule has 0 fully saturated rings. The average molecular weight is 251 g/mol. The highest BCUT2D eigenvalue weighted by molar-refractivity contribution is 5.95. The SMILES string of the molecule is CCOC(=O)C(N=O)=C(O)c1ccc(OC)cc1. The minimum absolute atomic E-state index is 0.0910. The number of nitrogens with zero attached hydrogens (tertiary/aromatic N) is 1. The number of rotatable bonds is 5. The number of methoxy groups -OCH3 is 1. The topological polar surface area (TPSA) is 85.2 Å². The summed E-state index contributed by atoms with van der Waals surface area (Å²) in [4.78, 5) is 21.9. The summed E-state index contributed by atoms with van der Waals surface area (Å²) >= 11 is 0. The minimum atomic E-state index is -0.958.